The number of methoxy groups -OCH3 is 2. The van der Waals surface area contributed by atoms with Gasteiger partial charge in [-0.05, 0) is 19.9 Å². The number of rotatable bonds is 7. The zero-order chi connectivity index (χ0) is 10.4. The van der Waals surface area contributed by atoms with Gasteiger partial charge in [-0.1, -0.05) is 0 Å². The average Bonchev–Trinajstić information content (AvgIpc) is 2.16. The van der Waals surface area contributed by atoms with E-state index in [1.54, 1.807) is 14.2 Å². The molecule has 1 rings (SSSR count). The molecule has 0 spiro atoms. The van der Waals surface area contributed by atoms with E-state index < -0.39 is 0 Å². The van der Waals surface area contributed by atoms with E-state index in [-0.39, 0.29) is 12.2 Å². The van der Waals surface area contributed by atoms with Gasteiger partial charge in [0.15, 0.2) is 0 Å². The Morgan fingerprint density at radius 3 is 2.64 bits per heavy atom. The van der Waals surface area contributed by atoms with Crippen LogP contribution in [0.5, 0.6) is 0 Å². The predicted octanol–water partition coefficient (Wildman–Crippen LogP) is 0.415. The van der Waals surface area contributed by atoms with Crippen molar-refractivity contribution in [2.24, 2.45) is 0 Å². The fourth-order valence-electron chi connectivity index (χ4n) is 1.78. The summed E-state index contributed by atoms with van der Waals surface area (Å²) in [7, 11) is 5.40. The van der Waals surface area contributed by atoms with Crippen LogP contribution in [0.4, 0.5) is 0 Å². The maximum absolute atomic E-state index is 5.67. The second-order valence-electron chi connectivity index (χ2n) is 3.59. The third-order valence-electron chi connectivity index (χ3n) is 2.72. The lowest BCUT2D eigenvalue weighted by Gasteiger charge is -2.43. The van der Waals surface area contributed by atoms with Crippen molar-refractivity contribution < 1.29 is 14.2 Å². The Labute approximate surface area is 85.9 Å². The van der Waals surface area contributed by atoms with Crippen LogP contribution in [0.15, 0.2) is 0 Å². The summed E-state index contributed by atoms with van der Waals surface area (Å²) in [5.74, 6) is 0. The van der Waals surface area contributed by atoms with Crippen molar-refractivity contribution in [3.8, 4) is 0 Å². The van der Waals surface area contributed by atoms with Gasteiger partial charge >= 0.3 is 0 Å². The third-order valence-corrected chi connectivity index (χ3v) is 2.72. The molecule has 0 aliphatic heterocycles. The molecule has 0 aromatic heterocycles. The van der Waals surface area contributed by atoms with Crippen molar-refractivity contribution in [3.63, 3.8) is 0 Å². The van der Waals surface area contributed by atoms with Gasteiger partial charge in [-0.2, -0.15) is 0 Å². The van der Waals surface area contributed by atoms with Crippen molar-refractivity contribution in [1.29, 1.82) is 0 Å². The first kappa shape index (κ1) is 11.9. The van der Waals surface area contributed by atoms with E-state index in [1.807, 2.05) is 7.05 Å². The summed E-state index contributed by atoms with van der Waals surface area (Å²) in [5.41, 5.74) is 0. The molecule has 84 valence electrons. The minimum atomic E-state index is 0.211. The zero-order valence-corrected chi connectivity index (χ0v) is 9.29. The molecule has 0 saturated heterocycles. The summed E-state index contributed by atoms with van der Waals surface area (Å²) in [6, 6.07) is 0.451. The Kier molecular flexibility index (Phi) is 5.40. The molecule has 1 aliphatic rings. The Morgan fingerprint density at radius 2 is 2.07 bits per heavy atom. The van der Waals surface area contributed by atoms with Crippen LogP contribution >= 0.6 is 0 Å². The molecule has 0 aromatic rings. The van der Waals surface area contributed by atoms with Crippen LogP contribution in [0.2, 0.25) is 0 Å². The first-order valence-corrected chi connectivity index (χ1v) is 5.14. The van der Waals surface area contributed by atoms with E-state index in [9.17, 15) is 0 Å². The molecule has 0 heterocycles. The second kappa shape index (κ2) is 6.35. The molecule has 0 bridgehead atoms. The van der Waals surface area contributed by atoms with Gasteiger partial charge in [0, 0.05) is 33.5 Å². The van der Waals surface area contributed by atoms with E-state index in [2.05, 4.69) is 5.32 Å². The van der Waals surface area contributed by atoms with E-state index in [0.717, 1.165) is 26.1 Å². The Morgan fingerprint density at radius 1 is 1.29 bits per heavy atom. The summed E-state index contributed by atoms with van der Waals surface area (Å²) in [6.07, 6.45) is 2.46. The number of nitrogens with one attached hydrogen (secondary N) is 1. The van der Waals surface area contributed by atoms with Gasteiger partial charge < -0.3 is 19.5 Å². The minimum Gasteiger partial charge on any atom is -0.385 e. The fraction of sp³-hybridized carbons (Fsp3) is 1.00. The van der Waals surface area contributed by atoms with Crippen molar-refractivity contribution in [1.82, 2.24) is 5.32 Å². The predicted molar refractivity (Wildman–Crippen MR) is 54.5 cm³/mol. The van der Waals surface area contributed by atoms with Crippen molar-refractivity contribution >= 4 is 0 Å². The van der Waals surface area contributed by atoms with E-state index in [4.69, 9.17) is 14.2 Å². The van der Waals surface area contributed by atoms with E-state index in [1.165, 1.54) is 0 Å². The van der Waals surface area contributed by atoms with Gasteiger partial charge in [0.25, 0.3) is 0 Å². The Bertz CT molecular complexity index is 154. The second-order valence-corrected chi connectivity index (χ2v) is 3.59. The number of hydrogen-bond acceptors (Lipinski definition) is 4. The molecule has 14 heavy (non-hydrogen) atoms. The molecular weight excluding hydrogens is 182 g/mol. The van der Waals surface area contributed by atoms with Crippen LogP contribution in [-0.4, -0.2) is 52.7 Å². The first-order valence-electron chi connectivity index (χ1n) is 5.14. The van der Waals surface area contributed by atoms with Crippen LogP contribution in [0.3, 0.4) is 0 Å². The molecule has 0 aromatic carbocycles. The summed E-state index contributed by atoms with van der Waals surface area (Å²) in [4.78, 5) is 0. The van der Waals surface area contributed by atoms with Gasteiger partial charge in [0.05, 0.1) is 12.2 Å². The maximum Gasteiger partial charge on any atom is 0.0986 e. The molecule has 3 unspecified atom stereocenters. The highest BCUT2D eigenvalue weighted by atomic mass is 16.5. The summed E-state index contributed by atoms with van der Waals surface area (Å²) in [6.45, 7) is 1.52. The minimum absolute atomic E-state index is 0.211. The molecular formula is C10H21NO3. The Balaban J connectivity index is 2.08. The monoisotopic (exact) mass is 203 g/mol. The molecule has 1 fully saturated rings. The third kappa shape index (κ3) is 2.92. The molecule has 0 radical (unpaired) electrons. The summed E-state index contributed by atoms with van der Waals surface area (Å²) < 4.78 is 16.0. The van der Waals surface area contributed by atoms with Gasteiger partial charge in [-0.3, -0.25) is 0 Å². The van der Waals surface area contributed by atoms with Gasteiger partial charge in [0.1, 0.15) is 0 Å². The smallest absolute Gasteiger partial charge is 0.0986 e. The largest absolute Gasteiger partial charge is 0.385 e. The standard InChI is InChI=1S/C10H21NO3/c1-11-8-7-9(10(8)13-3)14-6-4-5-12-2/h8-11H,4-7H2,1-3H3. The highest BCUT2D eigenvalue weighted by molar-refractivity contribution is 4.96. The van der Waals surface area contributed by atoms with Crippen LogP contribution in [0, 0.1) is 0 Å². The Hall–Kier alpha value is -0.160. The normalized spacial score (nSPS) is 31.5. The molecule has 0 amide bonds. The SMILES string of the molecule is CNC1CC(OCCCOC)C1OC. The van der Waals surface area contributed by atoms with Crippen molar-refractivity contribution in [2.45, 2.75) is 31.1 Å². The van der Waals surface area contributed by atoms with Crippen LogP contribution in [0.1, 0.15) is 12.8 Å². The molecule has 1 N–H and O–H groups in total. The lowest BCUT2D eigenvalue weighted by Crippen LogP contribution is -2.58. The number of likely N-dealkylation sites (N-methyl/N-ethyl adjacent to an activating group) is 1. The highest BCUT2D eigenvalue weighted by Crippen LogP contribution is 2.26. The van der Waals surface area contributed by atoms with Crippen LogP contribution in [-0.2, 0) is 14.2 Å². The topological polar surface area (TPSA) is 39.7 Å². The van der Waals surface area contributed by atoms with E-state index in [0.29, 0.717) is 6.04 Å². The molecule has 1 saturated carbocycles. The van der Waals surface area contributed by atoms with E-state index >= 15 is 0 Å². The zero-order valence-electron chi connectivity index (χ0n) is 9.29. The molecule has 1 aliphatic carbocycles. The van der Waals surface area contributed by atoms with Gasteiger partial charge in [-0.15, -0.1) is 0 Å². The quantitative estimate of drug-likeness (QED) is 0.609. The van der Waals surface area contributed by atoms with Crippen LogP contribution < -0.4 is 5.32 Å². The van der Waals surface area contributed by atoms with Gasteiger partial charge in [0.2, 0.25) is 0 Å². The molecule has 3 atom stereocenters. The lowest BCUT2D eigenvalue weighted by molar-refractivity contribution is -0.134. The molecule has 4 heteroatoms. The van der Waals surface area contributed by atoms with Crippen molar-refractivity contribution in [3.05, 3.63) is 0 Å². The average molecular weight is 203 g/mol. The lowest BCUT2D eigenvalue weighted by atomic mass is 9.85. The molecule has 4 nitrogen and oxygen atoms in total. The summed E-state index contributed by atoms with van der Waals surface area (Å²) in [5, 5.41) is 3.20. The fourth-order valence-corrected chi connectivity index (χ4v) is 1.78. The number of hydrogen-bond donors (Lipinski definition) is 1. The van der Waals surface area contributed by atoms with Crippen molar-refractivity contribution in [2.75, 3.05) is 34.5 Å². The van der Waals surface area contributed by atoms with Gasteiger partial charge in [-0.25, -0.2) is 0 Å². The number of ether oxygens (including phenoxy) is 3. The highest BCUT2D eigenvalue weighted by Gasteiger charge is 2.41. The van der Waals surface area contributed by atoms with Crippen LogP contribution in [0.25, 0.3) is 0 Å². The maximum atomic E-state index is 5.67. The first-order chi connectivity index (χ1) is 6.83. The summed E-state index contributed by atoms with van der Waals surface area (Å²) >= 11 is 0.